The third kappa shape index (κ3) is 0.603. The Balaban J connectivity index is 2.95. The lowest BCUT2D eigenvalue weighted by molar-refractivity contribution is 1.06. The van der Waals surface area contributed by atoms with Crippen molar-refractivity contribution in [3.05, 3.63) is 30.6 Å². The van der Waals surface area contributed by atoms with Crippen molar-refractivity contribution in [2.75, 3.05) is 0 Å². The number of aryl methyl sites for hydroxylation is 1. The van der Waals surface area contributed by atoms with Gasteiger partial charge >= 0.3 is 0 Å². The van der Waals surface area contributed by atoms with Crippen molar-refractivity contribution >= 4 is 5.52 Å². The second kappa shape index (κ2) is 1.80. The summed E-state index contributed by atoms with van der Waals surface area (Å²) in [5.74, 6) is 0. The Morgan fingerprint density at radius 2 is 1.90 bits per heavy atom. The molecule has 10 heavy (non-hydrogen) atoms. The van der Waals surface area contributed by atoms with Gasteiger partial charge < -0.3 is 0 Å². The van der Waals surface area contributed by atoms with Crippen LogP contribution in [0.15, 0.2) is 25.0 Å². The molecule has 0 aliphatic carbocycles. The Morgan fingerprint density at radius 1 is 1.20 bits per heavy atom. The second-order valence-electron chi connectivity index (χ2n) is 2.26. The Kier molecular flexibility index (Phi) is 0.974. The maximum absolute atomic E-state index is 4.01. The van der Waals surface area contributed by atoms with Crippen molar-refractivity contribution < 1.29 is 0 Å². The molecule has 0 aromatic carbocycles. The zero-order valence-corrected chi connectivity index (χ0v) is 5.65. The third-order valence-electron chi connectivity index (χ3n) is 1.53. The maximum Gasteiger partial charge on any atom is 0.100 e. The van der Waals surface area contributed by atoms with Gasteiger partial charge in [-0.3, -0.25) is 4.40 Å². The van der Waals surface area contributed by atoms with Gasteiger partial charge in [0.15, 0.2) is 0 Å². The summed E-state index contributed by atoms with van der Waals surface area (Å²) in [4.78, 5) is 7.99. The van der Waals surface area contributed by atoms with Gasteiger partial charge in [-0.05, 0) is 12.5 Å². The monoisotopic (exact) mass is 133 g/mol. The lowest BCUT2D eigenvalue weighted by Gasteiger charge is -1.93. The Morgan fingerprint density at radius 3 is 2.60 bits per heavy atom. The van der Waals surface area contributed by atoms with E-state index in [2.05, 4.69) is 9.97 Å². The van der Waals surface area contributed by atoms with Gasteiger partial charge in [0.05, 0.1) is 11.7 Å². The smallest absolute Gasteiger partial charge is 0.100 e. The number of fused-ring (bicyclic) bond motifs is 1. The predicted molar refractivity (Wildman–Crippen MR) is 37.7 cm³/mol. The molecule has 2 aromatic rings. The first-order valence-electron chi connectivity index (χ1n) is 3.10. The first-order chi connectivity index (χ1) is 4.88. The van der Waals surface area contributed by atoms with E-state index in [1.807, 2.05) is 23.7 Å². The minimum atomic E-state index is 1.12. The number of nitrogens with zero attached hydrogens (tertiary/aromatic N) is 3. The van der Waals surface area contributed by atoms with Crippen LogP contribution in [0, 0.1) is 6.92 Å². The fourth-order valence-corrected chi connectivity index (χ4v) is 0.985. The fourth-order valence-electron chi connectivity index (χ4n) is 0.985. The molecule has 0 saturated carbocycles. The Hall–Kier alpha value is -1.38. The summed E-state index contributed by atoms with van der Waals surface area (Å²) < 4.78 is 1.90. The van der Waals surface area contributed by atoms with Crippen LogP contribution in [-0.4, -0.2) is 14.4 Å². The zero-order valence-electron chi connectivity index (χ0n) is 5.65. The van der Waals surface area contributed by atoms with E-state index in [1.54, 1.807) is 12.7 Å². The quantitative estimate of drug-likeness (QED) is 0.537. The van der Waals surface area contributed by atoms with Gasteiger partial charge in [0.25, 0.3) is 0 Å². The molecule has 0 unspecified atom stereocenters. The van der Waals surface area contributed by atoms with Crippen LogP contribution in [0.1, 0.15) is 5.56 Å². The Labute approximate surface area is 58.4 Å². The van der Waals surface area contributed by atoms with Crippen molar-refractivity contribution in [1.29, 1.82) is 0 Å². The minimum Gasteiger partial charge on any atom is -0.289 e. The summed E-state index contributed by atoms with van der Waals surface area (Å²) in [6.45, 7) is 2.02. The lowest BCUT2D eigenvalue weighted by Crippen LogP contribution is -1.85. The topological polar surface area (TPSA) is 30.2 Å². The SMILES string of the molecule is Cc1cncn2cncc12. The predicted octanol–water partition coefficient (Wildman–Crippen LogP) is 1.04. The summed E-state index contributed by atoms with van der Waals surface area (Å²) in [6.07, 6.45) is 7.15. The summed E-state index contributed by atoms with van der Waals surface area (Å²) in [6, 6.07) is 0. The van der Waals surface area contributed by atoms with E-state index in [4.69, 9.17) is 0 Å². The standard InChI is InChI=1S/C7H7N3/c1-6-2-8-4-10-5-9-3-7(6)10/h2-5H,1H3. The average Bonchev–Trinajstić information content (AvgIpc) is 2.36. The van der Waals surface area contributed by atoms with Crippen LogP contribution in [0.5, 0.6) is 0 Å². The first-order valence-corrected chi connectivity index (χ1v) is 3.10. The number of aromatic nitrogens is 3. The van der Waals surface area contributed by atoms with Crippen molar-refractivity contribution in [2.45, 2.75) is 6.92 Å². The van der Waals surface area contributed by atoms with E-state index in [0.29, 0.717) is 0 Å². The summed E-state index contributed by atoms with van der Waals surface area (Å²) >= 11 is 0. The molecule has 0 saturated heterocycles. The van der Waals surface area contributed by atoms with E-state index in [1.165, 1.54) is 0 Å². The first kappa shape index (κ1) is 5.41. The normalized spacial score (nSPS) is 10.5. The molecule has 0 aliphatic heterocycles. The van der Waals surface area contributed by atoms with Crippen LogP contribution >= 0.6 is 0 Å². The lowest BCUT2D eigenvalue weighted by atomic mass is 10.3. The molecule has 3 heteroatoms. The fraction of sp³-hybridized carbons (Fsp3) is 0.143. The van der Waals surface area contributed by atoms with Gasteiger partial charge in [-0.15, -0.1) is 0 Å². The molecule has 3 nitrogen and oxygen atoms in total. The van der Waals surface area contributed by atoms with Gasteiger partial charge in [0, 0.05) is 6.20 Å². The molecular weight excluding hydrogens is 126 g/mol. The van der Waals surface area contributed by atoms with Crippen LogP contribution < -0.4 is 0 Å². The van der Waals surface area contributed by atoms with E-state index < -0.39 is 0 Å². The second-order valence-corrected chi connectivity index (χ2v) is 2.26. The average molecular weight is 133 g/mol. The van der Waals surface area contributed by atoms with Gasteiger partial charge in [-0.25, -0.2) is 9.97 Å². The maximum atomic E-state index is 4.01. The van der Waals surface area contributed by atoms with Crippen LogP contribution in [0.4, 0.5) is 0 Å². The highest BCUT2D eigenvalue weighted by atomic mass is 15.0. The molecule has 0 amide bonds. The van der Waals surface area contributed by atoms with Crippen molar-refractivity contribution in [3.8, 4) is 0 Å². The van der Waals surface area contributed by atoms with E-state index >= 15 is 0 Å². The molecule has 0 radical (unpaired) electrons. The number of hydrogen-bond donors (Lipinski definition) is 0. The third-order valence-corrected chi connectivity index (χ3v) is 1.53. The molecule has 2 aromatic heterocycles. The highest BCUT2D eigenvalue weighted by Gasteiger charge is 1.93. The van der Waals surface area contributed by atoms with Crippen molar-refractivity contribution in [2.24, 2.45) is 0 Å². The largest absolute Gasteiger partial charge is 0.289 e. The molecule has 0 bridgehead atoms. The van der Waals surface area contributed by atoms with E-state index in [0.717, 1.165) is 11.1 Å². The molecule has 0 fully saturated rings. The molecule has 0 N–H and O–H groups in total. The van der Waals surface area contributed by atoms with Crippen molar-refractivity contribution in [3.63, 3.8) is 0 Å². The number of hydrogen-bond acceptors (Lipinski definition) is 2. The highest BCUT2D eigenvalue weighted by molar-refractivity contribution is 5.50. The molecule has 0 aliphatic rings. The molecule has 2 heterocycles. The number of rotatable bonds is 0. The van der Waals surface area contributed by atoms with E-state index in [9.17, 15) is 0 Å². The van der Waals surface area contributed by atoms with Crippen LogP contribution in [-0.2, 0) is 0 Å². The van der Waals surface area contributed by atoms with Gasteiger partial charge in [0.2, 0.25) is 0 Å². The van der Waals surface area contributed by atoms with E-state index in [-0.39, 0.29) is 0 Å². The van der Waals surface area contributed by atoms with Crippen LogP contribution in [0.25, 0.3) is 5.52 Å². The summed E-state index contributed by atoms with van der Waals surface area (Å²) in [7, 11) is 0. The van der Waals surface area contributed by atoms with Crippen LogP contribution in [0.3, 0.4) is 0 Å². The molecular formula is C7H7N3. The van der Waals surface area contributed by atoms with Gasteiger partial charge in [-0.1, -0.05) is 0 Å². The number of imidazole rings is 1. The van der Waals surface area contributed by atoms with Gasteiger partial charge in [0.1, 0.15) is 12.7 Å². The zero-order chi connectivity index (χ0) is 6.97. The summed E-state index contributed by atoms with van der Waals surface area (Å²) in [5.41, 5.74) is 2.27. The molecule has 0 spiro atoms. The van der Waals surface area contributed by atoms with Crippen LogP contribution in [0.2, 0.25) is 0 Å². The van der Waals surface area contributed by atoms with Gasteiger partial charge in [-0.2, -0.15) is 0 Å². The highest BCUT2D eigenvalue weighted by Crippen LogP contribution is 2.04. The molecule has 2 rings (SSSR count). The summed E-state index contributed by atoms with van der Waals surface area (Å²) in [5, 5.41) is 0. The molecule has 0 atom stereocenters. The minimum absolute atomic E-state index is 1.12. The Bertz CT molecular complexity index is 350. The van der Waals surface area contributed by atoms with Crippen molar-refractivity contribution in [1.82, 2.24) is 14.4 Å². The molecule has 50 valence electrons.